The van der Waals surface area contributed by atoms with Crippen LogP contribution in [-0.4, -0.2) is 14.1 Å². The summed E-state index contributed by atoms with van der Waals surface area (Å²) in [5.74, 6) is 0.566. The molecular formula is C17H16N4O3. The number of nitrogens with zero attached hydrogens (tertiary/aromatic N) is 4. The second-order valence-corrected chi connectivity index (χ2v) is 5.36. The van der Waals surface area contributed by atoms with E-state index in [9.17, 15) is 9.59 Å². The van der Waals surface area contributed by atoms with Crippen molar-refractivity contribution in [2.24, 2.45) is 0 Å². The first-order chi connectivity index (χ1) is 11.6. The van der Waals surface area contributed by atoms with Crippen molar-refractivity contribution >= 4 is 11.1 Å². The topological polar surface area (TPSA) is 93.8 Å². The monoisotopic (exact) mass is 324 g/mol. The fraction of sp³-hybridized carbons (Fsp3) is 0.294. The van der Waals surface area contributed by atoms with E-state index < -0.39 is 11.2 Å². The molecule has 7 heteroatoms. The van der Waals surface area contributed by atoms with Crippen LogP contribution in [0.3, 0.4) is 0 Å². The van der Waals surface area contributed by atoms with Crippen LogP contribution in [-0.2, 0) is 19.5 Å². The SMILES string of the molecule is CCn1cc(C#N)c(=O)n(CCCc2nc3ccccc3o2)c1=O. The average molecular weight is 324 g/mol. The molecule has 122 valence electrons. The van der Waals surface area contributed by atoms with E-state index in [0.29, 0.717) is 30.9 Å². The van der Waals surface area contributed by atoms with Crippen LogP contribution >= 0.6 is 0 Å². The summed E-state index contributed by atoms with van der Waals surface area (Å²) in [6.07, 6.45) is 2.33. The fourth-order valence-corrected chi connectivity index (χ4v) is 2.57. The molecule has 24 heavy (non-hydrogen) atoms. The van der Waals surface area contributed by atoms with E-state index in [0.717, 1.165) is 10.1 Å². The van der Waals surface area contributed by atoms with Crippen LogP contribution in [0.1, 0.15) is 24.8 Å². The lowest BCUT2D eigenvalue weighted by Crippen LogP contribution is -2.40. The molecule has 7 nitrogen and oxygen atoms in total. The van der Waals surface area contributed by atoms with Crippen molar-refractivity contribution in [3.8, 4) is 6.07 Å². The van der Waals surface area contributed by atoms with Crippen molar-refractivity contribution < 1.29 is 4.42 Å². The maximum absolute atomic E-state index is 12.2. The number of hydrogen-bond donors (Lipinski definition) is 0. The summed E-state index contributed by atoms with van der Waals surface area (Å²) >= 11 is 0. The molecule has 2 heterocycles. The van der Waals surface area contributed by atoms with Crippen LogP contribution in [0.25, 0.3) is 11.1 Å². The van der Waals surface area contributed by atoms with Crippen molar-refractivity contribution in [2.45, 2.75) is 32.9 Å². The van der Waals surface area contributed by atoms with E-state index >= 15 is 0 Å². The Labute approximate surface area is 137 Å². The molecule has 0 saturated carbocycles. The van der Waals surface area contributed by atoms with Gasteiger partial charge in [-0.3, -0.25) is 13.9 Å². The lowest BCUT2D eigenvalue weighted by molar-refractivity contribution is 0.486. The summed E-state index contributed by atoms with van der Waals surface area (Å²) in [6.45, 7) is 2.40. The molecule has 0 saturated heterocycles. The zero-order chi connectivity index (χ0) is 17.1. The number of benzene rings is 1. The third-order valence-electron chi connectivity index (χ3n) is 3.81. The van der Waals surface area contributed by atoms with Crippen LogP contribution in [0.15, 0.2) is 44.5 Å². The van der Waals surface area contributed by atoms with E-state index in [1.54, 1.807) is 6.92 Å². The highest BCUT2D eigenvalue weighted by atomic mass is 16.3. The van der Waals surface area contributed by atoms with Gasteiger partial charge in [0.1, 0.15) is 17.1 Å². The van der Waals surface area contributed by atoms with E-state index in [1.807, 2.05) is 30.3 Å². The van der Waals surface area contributed by atoms with Gasteiger partial charge in [-0.1, -0.05) is 12.1 Å². The lowest BCUT2D eigenvalue weighted by atomic mass is 10.3. The number of hydrogen-bond acceptors (Lipinski definition) is 5. The zero-order valence-electron chi connectivity index (χ0n) is 13.2. The summed E-state index contributed by atoms with van der Waals surface area (Å²) in [5.41, 5.74) is 0.510. The van der Waals surface area contributed by atoms with Crippen molar-refractivity contribution in [1.29, 1.82) is 5.26 Å². The maximum Gasteiger partial charge on any atom is 0.331 e. The minimum Gasteiger partial charge on any atom is -0.441 e. The largest absolute Gasteiger partial charge is 0.441 e. The zero-order valence-corrected chi connectivity index (χ0v) is 13.2. The third kappa shape index (κ3) is 2.86. The second-order valence-electron chi connectivity index (χ2n) is 5.36. The predicted octanol–water partition coefficient (Wildman–Crippen LogP) is 1.68. The number of aromatic nitrogens is 3. The summed E-state index contributed by atoms with van der Waals surface area (Å²) < 4.78 is 8.08. The Morgan fingerprint density at radius 2 is 2.08 bits per heavy atom. The molecule has 3 aromatic rings. The van der Waals surface area contributed by atoms with Gasteiger partial charge in [-0.15, -0.1) is 0 Å². The molecule has 0 unspecified atom stereocenters. The molecule has 0 aliphatic rings. The highest BCUT2D eigenvalue weighted by Crippen LogP contribution is 2.15. The highest BCUT2D eigenvalue weighted by molar-refractivity contribution is 5.72. The molecular weight excluding hydrogens is 308 g/mol. The van der Waals surface area contributed by atoms with Crippen molar-refractivity contribution in [2.75, 3.05) is 0 Å². The van der Waals surface area contributed by atoms with Gasteiger partial charge in [0.2, 0.25) is 0 Å². The summed E-state index contributed by atoms with van der Waals surface area (Å²) in [6, 6.07) is 9.30. The van der Waals surface area contributed by atoms with Gasteiger partial charge in [-0.25, -0.2) is 9.78 Å². The molecule has 0 amide bonds. The number of rotatable bonds is 5. The number of oxazole rings is 1. The normalized spacial score (nSPS) is 10.8. The van der Waals surface area contributed by atoms with Gasteiger partial charge in [0.25, 0.3) is 5.56 Å². The minimum absolute atomic E-state index is 0.0293. The Morgan fingerprint density at radius 1 is 1.29 bits per heavy atom. The number of fused-ring (bicyclic) bond motifs is 1. The van der Waals surface area contributed by atoms with Gasteiger partial charge >= 0.3 is 5.69 Å². The molecule has 0 radical (unpaired) electrons. The Balaban J connectivity index is 1.80. The minimum atomic E-state index is -0.551. The van der Waals surface area contributed by atoms with Crippen molar-refractivity contribution in [3.63, 3.8) is 0 Å². The fourth-order valence-electron chi connectivity index (χ4n) is 2.57. The molecule has 3 rings (SSSR count). The summed E-state index contributed by atoms with van der Waals surface area (Å²) in [7, 11) is 0. The second kappa shape index (κ2) is 6.54. The first kappa shape index (κ1) is 15.7. The lowest BCUT2D eigenvalue weighted by Gasteiger charge is -2.08. The van der Waals surface area contributed by atoms with Crippen LogP contribution in [0.4, 0.5) is 0 Å². The van der Waals surface area contributed by atoms with Crippen molar-refractivity contribution in [1.82, 2.24) is 14.1 Å². The molecule has 0 atom stereocenters. The Hall–Kier alpha value is -3.14. The summed E-state index contributed by atoms with van der Waals surface area (Å²) in [4.78, 5) is 28.8. The van der Waals surface area contributed by atoms with Gasteiger partial charge in [0, 0.05) is 25.7 Å². The van der Waals surface area contributed by atoms with Crippen LogP contribution < -0.4 is 11.2 Å². The number of aryl methyl sites for hydroxylation is 2. The molecule has 0 spiro atoms. The van der Waals surface area contributed by atoms with Gasteiger partial charge < -0.3 is 4.42 Å². The standard InChI is InChI=1S/C17H16N4O3/c1-2-20-11-12(10-18)16(22)21(17(20)23)9-5-8-15-19-13-6-3-4-7-14(13)24-15/h3-4,6-7,11H,2,5,8-9H2,1H3. The van der Waals surface area contributed by atoms with Crippen LogP contribution in [0, 0.1) is 11.3 Å². The molecule has 0 aliphatic heterocycles. The smallest absolute Gasteiger partial charge is 0.331 e. The molecule has 0 N–H and O–H groups in total. The van der Waals surface area contributed by atoms with E-state index in [1.165, 1.54) is 10.8 Å². The van der Waals surface area contributed by atoms with Gasteiger partial charge in [-0.05, 0) is 25.5 Å². The van der Waals surface area contributed by atoms with Crippen LogP contribution in [0.5, 0.6) is 0 Å². The van der Waals surface area contributed by atoms with E-state index in [2.05, 4.69) is 4.98 Å². The quantitative estimate of drug-likeness (QED) is 0.711. The Bertz CT molecular complexity index is 1000. The Morgan fingerprint density at radius 3 is 2.79 bits per heavy atom. The average Bonchev–Trinajstić information content (AvgIpc) is 3.01. The van der Waals surface area contributed by atoms with E-state index in [-0.39, 0.29) is 12.1 Å². The molecule has 1 aromatic carbocycles. The molecule has 0 fully saturated rings. The molecule has 2 aromatic heterocycles. The third-order valence-corrected chi connectivity index (χ3v) is 3.81. The van der Waals surface area contributed by atoms with Crippen LogP contribution in [0.2, 0.25) is 0 Å². The molecule has 0 aliphatic carbocycles. The predicted molar refractivity (Wildman–Crippen MR) is 87.7 cm³/mol. The molecule has 0 bridgehead atoms. The summed E-state index contributed by atoms with van der Waals surface area (Å²) in [5, 5.41) is 9.03. The first-order valence-electron chi connectivity index (χ1n) is 7.73. The van der Waals surface area contributed by atoms with Gasteiger partial charge in [0.05, 0.1) is 0 Å². The highest BCUT2D eigenvalue weighted by Gasteiger charge is 2.11. The first-order valence-corrected chi connectivity index (χ1v) is 7.73. The number of nitriles is 1. The van der Waals surface area contributed by atoms with E-state index in [4.69, 9.17) is 9.68 Å². The maximum atomic E-state index is 12.2. The number of para-hydroxylation sites is 2. The Kier molecular flexibility index (Phi) is 4.29. The van der Waals surface area contributed by atoms with Gasteiger partial charge in [-0.2, -0.15) is 5.26 Å². The van der Waals surface area contributed by atoms with Crippen molar-refractivity contribution in [3.05, 3.63) is 62.8 Å². The van der Waals surface area contributed by atoms with Gasteiger partial charge in [0.15, 0.2) is 11.5 Å².